The lowest BCUT2D eigenvalue weighted by Crippen LogP contribution is -2.01. The molecule has 0 radical (unpaired) electrons. The second-order valence-corrected chi connectivity index (χ2v) is 5.38. The Morgan fingerprint density at radius 2 is 1.79 bits per heavy atom. The van der Waals surface area contributed by atoms with E-state index in [1.54, 1.807) is 12.1 Å². The number of benzene rings is 1. The van der Waals surface area contributed by atoms with Crippen molar-refractivity contribution in [2.24, 2.45) is 0 Å². The quantitative estimate of drug-likeness (QED) is 0.768. The minimum absolute atomic E-state index is 0.182. The summed E-state index contributed by atoms with van der Waals surface area (Å²) in [5.41, 5.74) is 1.13. The molecule has 1 aromatic rings. The zero-order valence-electron chi connectivity index (χ0n) is 8.45. The van der Waals surface area contributed by atoms with Gasteiger partial charge in [0.2, 0.25) is 9.84 Å². The first-order valence-electron chi connectivity index (χ1n) is 4.48. The van der Waals surface area contributed by atoms with Gasteiger partial charge in [-0.15, -0.1) is 0 Å². The maximum Gasteiger partial charge on any atom is 0.201 e. The molecule has 0 saturated carbocycles. The van der Waals surface area contributed by atoms with Gasteiger partial charge >= 0.3 is 0 Å². The number of hydrogen-bond acceptors (Lipinski definition) is 2. The van der Waals surface area contributed by atoms with Crippen molar-refractivity contribution < 1.29 is 8.42 Å². The smallest absolute Gasteiger partial charge is 0.201 e. The van der Waals surface area contributed by atoms with E-state index in [4.69, 9.17) is 0 Å². The average molecular weight is 210 g/mol. The molecule has 76 valence electrons. The van der Waals surface area contributed by atoms with Crippen molar-refractivity contribution in [1.29, 1.82) is 0 Å². The largest absolute Gasteiger partial charge is 0.219 e. The summed E-state index contributed by atoms with van der Waals surface area (Å²) in [4.78, 5) is 0.504. The standard InChI is InChI=1S/C11H14O2S/c1-4-10-5-7-11(8-6-10)14(12,13)9(2)3/h5-8H,2,4H2,1,3H3. The van der Waals surface area contributed by atoms with Crippen LogP contribution in [-0.2, 0) is 16.3 Å². The van der Waals surface area contributed by atoms with E-state index in [-0.39, 0.29) is 4.91 Å². The van der Waals surface area contributed by atoms with Crippen LogP contribution in [0.5, 0.6) is 0 Å². The third-order valence-electron chi connectivity index (χ3n) is 2.10. The van der Waals surface area contributed by atoms with Gasteiger partial charge in [-0.3, -0.25) is 0 Å². The van der Waals surface area contributed by atoms with Crippen LogP contribution >= 0.6 is 0 Å². The van der Waals surface area contributed by atoms with Gasteiger partial charge in [-0.2, -0.15) is 0 Å². The molecular formula is C11H14O2S. The van der Waals surface area contributed by atoms with E-state index in [0.717, 1.165) is 12.0 Å². The highest BCUT2D eigenvalue weighted by Crippen LogP contribution is 2.17. The molecule has 0 N–H and O–H groups in total. The van der Waals surface area contributed by atoms with Crippen molar-refractivity contribution in [3.05, 3.63) is 41.3 Å². The highest BCUT2D eigenvalue weighted by Gasteiger charge is 2.14. The molecule has 0 amide bonds. The monoisotopic (exact) mass is 210 g/mol. The fourth-order valence-corrected chi connectivity index (χ4v) is 2.00. The van der Waals surface area contributed by atoms with E-state index >= 15 is 0 Å². The Morgan fingerprint density at radius 1 is 1.29 bits per heavy atom. The average Bonchev–Trinajstić information content (AvgIpc) is 2.17. The zero-order valence-corrected chi connectivity index (χ0v) is 9.26. The Hall–Kier alpha value is -1.09. The van der Waals surface area contributed by atoms with Gasteiger partial charge in [0.1, 0.15) is 0 Å². The van der Waals surface area contributed by atoms with Crippen molar-refractivity contribution in [2.45, 2.75) is 25.2 Å². The first kappa shape index (κ1) is 11.0. The number of aryl methyl sites for hydroxylation is 1. The predicted molar refractivity (Wildman–Crippen MR) is 57.8 cm³/mol. The highest BCUT2D eigenvalue weighted by atomic mass is 32.2. The molecule has 0 aliphatic carbocycles. The van der Waals surface area contributed by atoms with Crippen LogP contribution in [0.15, 0.2) is 40.6 Å². The maximum absolute atomic E-state index is 11.6. The third-order valence-corrected chi connectivity index (χ3v) is 3.91. The first-order valence-corrected chi connectivity index (χ1v) is 5.96. The van der Waals surface area contributed by atoms with Crippen molar-refractivity contribution in [3.8, 4) is 0 Å². The van der Waals surface area contributed by atoms with E-state index in [1.165, 1.54) is 6.92 Å². The molecule has 0 spiro atoms. The molecule has 0 atom stereocenters. The molecule has 0 aliphatic rings. The molecule has 0 bridgehead atoms. The molecule has 14 heavy (non-hydrogen) atoms. The minimum atomic E-state index is -3.30. The lowest BCUT2D eigenvalue weighted by molar-refractivity contribution is 0.602. The van der Waals surface area contributed by atoms with E-state index in [1.807, 2.05) is 19.1 Å². The predicted octanol–water partition coefficient (Wildman–Crippen LogP) is 2.56. The van der Waals surface area contributed by atoms with Gasteiger partial charge in [0.05, 0.1) is 4.90 Å². The highest BCUT2D eigenvalue weighted by molar-refractivity contribution is 7.95. The van der Waals surface area contributed by atoms with Crippen LogP contribution in [0.2, 0.25) is 0 Å². The Morgan fingerprint density at radius 3 is 2.14 bits per heavy atom. The lowest BCUT2D eigenvalue weighted by atomic mass is 10.2. The third kappa shape index (κ3) is 2.04. The molecular weight excluding hydrogens is 196 g/mol. The summed E-state index contributed by atoms with van der Waals surface area (Å²) in [6.07, 6.45) is 0.910. The van der Waals surface area contributed by atoms with Gasteiger partial charge in [-0.25, -0.2) is 8.42 Å². The van der Waals surface area contributed by atoms with E-state index in [0.29, 0.717) is 4.90 Å². The summed E-state index contributed by atoms with van der Waals surface area (Å²) in [5.74, 6) is 0. The molecule has 0 aromatic heterocycles. The van der Waals surface area contributed by atoms with Gasteiger partial charge in [-0.05, 0) is 31.0 Å². The van der Waals surface area contributed by atoms with Crippen LogP contribution in [0.25, 0.3) is 0 Å². The minimum Gasteiger partial charge on any atom is -0.219 e. The lowest BCUT2D eigenvalue weighted by Gasteiger charge is -2.03. The van der Waals surface area contributed by atoms with Gasteiger partial charge in [-0.1, -0.05) is 25.6 Å². The van der Waals surface area contributed by atoms with Crippen LogP contribution in [0.3, 0.4) is 0 Å². The topological polar surface area (TPSA) is 34.1 Å². The number of rotatable bonds is 3. The van der Waals surface area contributed by atoms with Gasteiger partial charge in [0.15, 0.2) is 0 Å². The fraction of sp³-hybridized carbons (Fsp3) is 0.273. The summed E-state index contributed by atoms with van der Waals surface area (Å²) >= 11 is 0. The Bertz CT molecular complexity index is 427. The molecule has 1 rings (SSSR count). The summed E-state index contributed by atoms with van der Waals surface area (Å²) in [6, 6.07) is 6.91. The van der Waals surface area contributed by atoms with Crippen LogP contribution in [0, 0.1) is 0 Å². The number of hydrogen-bond donors (Lipinski definition) is 0. The van der Waals surface area contributed by atoms with Crippen LogP contribution < -0.4 is 0 Å². The Balaban J connectivity index is 3.16. The Kier molecular flexibility index (Phi) is 3.11. The number of sulfone groups is 1. The van der Waals surface area contributed by atoms with Gasteiger partial charge in [0.25, 0.3) is 0 Å². The van der Waals surface area contributed by atoms with Crippen LogP contribution in [0.1, 0.15) is 19.4 Å². The van der Waals surface area contributed by atoms with E-state index in [9.17, 15) is 8.42 Å². The van der Waals surface area contributed by atoms with Gasteiger partial charge in [0, 0.05) is 4.91 Å². The summed E-state index contributed by atoms with van der Waals surface area (Å²) < 4.78 is 23.3. The molecule has 0 unspecified atom stereocenters. The molecule has 1 aromatic carbocycles. The zero-order chi connectivity index (χ0) is 10.8. The molecule has 0 aliphatic heterocycles. The molecule has 2 nitrogen and oxygen atoms in total. The molecule has 0 heterocycles. The van der Waals surface area contributed by atoms with Crippen LogP contribution in [-0.4, -0.2) is 8.42 Å². The van der Waals surface area contributed by atoms with E-state index < -0.39 is 9.84 Å². The fourth-order valence-electron chi connectivity index (χ4n) is 1.11. The Labute approximate surface area is 85.2 Å². The van der Waals surface area contributed by atoms with Crippen molar-refractivity contribution in [2.75, 3.05) is 0 Å². The second kappa shape index (κ2) is 3.96. The SMILES string of the molecule is C=C(C)S(=O)(=O)c1ccc(CC)cc1. The number of allylic oxidation sites excluding steroid dienone is 1. The first-order chi connectivity index (χ1) is 6.48. The molecule has 0 fully saturated rings. The summed E-state index contributed by atoms with van der Waals surface area (Å²) in [6.45, 7) is 6.99. The van der Waals surface area contributed by atoms with Crippen molar-refractivity contribution in [1.82, 2.24) is 0 Å². The molecule has 0 saturated heterocycles. The van der Waals surface area contributed by atoms with Crippen molar-refractivity contribution in [3.63, 3.8) is 0 Å². The summed E-state index contributed by atoms with van der Waals surface area (Å²) in [7, 11) is -3.30. The van der Waals surface area contributed by atoms with E-state index in [2.05, 4.69) is 6.58 Å². The van der Waals surface area contributed by atoms with Crippen molar-refractivity contribution >= 4 is 9.84 Å². The second-order valence-electron chi connectivity index (χ2n) is 3.20. The van der Waals surface area contributed by atoms with Crippen LogP contribution in [0.4, 0.5) is 0 Å². The van der Waals surface area contributed by atoms with Gasteiger partial charge < -0.3 is 0 Å². The molecule has 3 heteroatoms. The maximum atomic E-state index is 11.6. The normalized spacial score (nSPS) is 11.3. The summed E-state index contributed by atoms with van der Waals surface area (Å²) in [5, 5.41) is 0.